The Balaban J connectivity index is 1.60. The van der Waals surface area contributed by atoms with Crippen LogP contribution in [0.15, 0.2) is 47.5 Å². The Labute approximate surface area is 215 Å². The minimum Gasteiger partial charge on any atom is -0.369 e. The third-order valence-corrected chi connectivity index (χ3v) is 6.73. The summed E-state index contributed by atoms with van der Waals surface area (Å²) in [5.41, 5.74) is 9.69. The lowest BCUT2D eigenvalue weighted by molar-refractivity contribution is -0.135. The van der Waals surface area contributed by atoms with Gasteiger partial charge in [-0.15, -0.1) is 0 Å². The van der Waals surface area contributed by atoms with Crippen LogP contribution in [0.4, 0.5) is 16.2 Å². The zero-order valence-electron chi connectivity index (χ0n) is 21.3. The third kappa shape index (κ3) is 5.79. The molecule has 10 nitrogen and oxygen atoms in total. The number of likely N-dealkylation sites (tertiary alicyclic amines) is 1. The van der Waals surface area contributed by atoms with Crippen LogP contribution in [0.2, 0.25) is 0 Å². The Morgan fingerprint density at radius 3 is 2.59 bits per heavy atom. The van der Waals surface area contributed by atoms with Gasteiger partial charge in [-0.2, -0.15) is 0 Å². The first-order valence-electron chi connectivity index (χ1n) is 12.3. The largest absolute Gasteiger partial charge is 0.369 e. The average molecular weight is 505 g/mol. The molecule has 0 spiro atoms. The summed E-state index contributed by atoms with van der Waals surface area (Å²) in [7, 11) is 0. The number of nitrogens with zero attached hydrogens (tertiary/aromatic N) is 3. The molecule has 4 rings (SSSR count). The van der Waals surface area contributed by atoms with E-state index in [9.17, 15) is 19.2 Å². The minimum atomic E-state index is -1.23. The van der Waals surface area contributed by atoms with Crippen LogP contribution in [0, 0.1) is 19.8 Å². The van der Waals surface area contributed by atoms with Gasteiger partial charge in [0, 0.05) is 30.1 Å². The fraction of sp³-hybridized carbons (Fsp3) is 0.370. The molecule has 2 aliphatic rings. The number of carbonyl (C=O) groups excluding carboxylic acids is 4. The molecule has 1 fully saturated rings. The second kappa shape index (κ2) is 10.8. The van der Waals surface area contributed by atoms with Crippen molar-refractivity contribution in [2.45, 2.75) is 39.8 Å². The van der Waals surface area contributed by atoms with Crippen LogP contribution in [0.3, 0.4) is 0 Å². The van der Waals surface area contributed by atoms with E-state index in [-0.39, 0.29) is 19.0 Å². The summed E-state index contributed by atoms with van der Waals surface area (Å²) in [4.78, 5) is 59.1. The summed E-state index contributed by atoms with van der Waals surface area (Å²) in [6.07, 6.45) is 0.0665. The SMILES string of the molecule is CC1=NC(NC(=O)Nc2cccc(C)c2)C(=O)N(CC(=O)N2CCCC(C(N)=O)C2)c2c(C)cccc21. The maximum atomic E-state index is 13.8. The maximum absolute atomic E-state index is 13.8. The van der Waals surface area contributed by atoms with Crippen molar-refractivity contribution in [1.82, 2.24) is 10.2 Å². The Bertz CT molecular complexity index is 1270. The maximum Gasteiger partial charge on any atom is 0.321 e. The minimum absolute atomic E-state index is 0.229. The summed E-state index contributed by atoms with van der Waals surface area (Å²) in [6, 6.07) is 12.3. The molecule has 2 aliphatic heterocycles. The van der Waals surface area contributed by atoms with Crippen LogP contribution in [-0.2, 0) is 14.4 Å². The van der Waals surface area contributed by atoms with E-state index in [0.717, 1.165) is 11.1 Å². The lowest BCUT2D eigenvalue weighted by atomic mass is 9.97. The number of hydrogen-bond acceptors (Lipinski definition) is 5. The highest BCUT2D eigenvalue weighted by Crippen LogP contribution is 2.30. The predicted molar refractivity (Wildman–Crippen MR) is 141 cm³/mol. The number of amides is 5. The number of nitrogens with two attached hydrogens (primary N) is 1. The molecule has 2 aromatic rings. The van der Waals surface area contributed by atoms with Crippen molar-refractivity contribution in [3.63, 3.8) is 0 Å². The molecule has 1 saturated heterocycles. The second-order valence-electron chi connectivity index (χ2n) is 9.56. The monoisotopic (exact) mass is 504 g/mol. The number of urea groups is 1. The zero-order chi connectivity index (χ0) is 26.7. The summed E-state index contributed by atoms with van der Waals surface area (Å²) >= 11 is 0. The van der Waals surface area contributed by atoms with Crippen molar-refractivity contribution in [3.8, 4) is 0 Å². The van der Waals surface area contributed by atoms with E-state index in [0.29, 0.717) is 42.0 Å². The number of benzene rings is 2. The number of primary amides is 1. The first-order valence-corrected chi connectivity index (χ1v) is 12.3. The van der Waals surface area contributed by atoms with Gasteiger partial charge in [-0.05, 0) is 56.9 Å². The standard InChI is InChI=1S/C27H32N6O4/c1-16-7-4-10-20(13-16)30-27(37)31-25-26(36)33(23-17(2)8-5-11-21(23)18(3)29-25)15-22(34)32-12-6-9-19(14-32)24(28)35/h4-5,7-8,10-11,13,19,25H,6,9,12,14-15H2,1-3H3,(H2,28,35)(H2,30,31,37). The molecule has 0 saturated carbocycles. The Morgan fingerprint density at radius 1 is 1.11 bits per heavy atom. The molecule has 2 atom stereocenters. The van der Waals surface area contributed by atoms with Crippen molar-refractivity contribution >= 4 is 40.8 Å². The highest BCUT2D eigenvalue weighted by atomic mass is 16.2. The number of rotatable bonds is 5. The van der Waals surface area contributed by atoms with E-state index < -0.39 is 29.9 Å². The van der Waals surface area contributed by atoms with Crippen molar-refractivity contribution < 1.29 is 19.2 Å². The number of benzodiazepines with no additional fused rings is 1. The highest BCUT2D eigenvalue weighted by Gasteiger charge is 2.35. The average Bonchev–Trinajstić information content (AvgIpc) is 2.95. The molecule has 0 aromatic heterocycles. The van der Waals surface area contributed by atoms with E-state index in [2.05, 4.69) is 15.6 Å². The van der Waals surface area contributed by atoms with E-state index in [1.54, 1.807) is 17.9 Å². The molecule has 0 radical (unpaired) electrons. The number of aliphatic imine (C=N–C) groups is 1. The van der Waals surface area contributed by atoms with Gasteiger partial charge in [-0.1, -0.05) is 30.3 Å². The van der Waals surface area contributed by atoms with Crippen LogP contribution in [0.1, 0.15) is 36.5 Å². The van der Waals surface area contributed by atoms with Gasteiger partial charge in [0.2, 0.25) is 18.0 Å². The molecule has 2 heterocycles. The zero-order valence-corrected chi connectivity index (χ0v) is 21.3. The van der Waals surface area contributed by atoms with Crippen LogP contribution in [0.25, 0.3) is 0 Å². The Morgan fingerprint density at radius 2 is 1.86 bits per heavy atom. The summed E-state index contributed by atoms with van der Waals surface area (Å²) in [5.74, 6) is -1.66. The third-order valence-electron chi connectivity index (χ3n) is 6.73. The van der Waals surface area contributed by atoms with E-state index in [1.807, 2.05) is 50.2 Å². The number of para-hydroxylation sites is 1. The smallest absolute Gasteiger partial charge is 0.321 e. The molecule has 0 bridgehead atoms. The van der Waals surface area contributed by atoms with Gasteiger partial charge < -0.3 is 21.3 Å². The highest BCUT2D eigenvalue weighted by molar-refractivity contribution is 6.14. The van der Waals surface area contributed by atoms with E-state index >= 15 is 0 Å². The van der Waals surface area contributed by atoms with E-state index in [4.69, 9.17) is 5.73 Å². The number of anilines is 2. The molecule has 5 amide bonds. The van der Waals surface area contributed by atoms with Gasteiger partial charge in [-0.3, -0.25) is 24.3 Å². The molecular weight excluding hydrogens is 472 g/mol. The molecular formula is C27H32N6O4. The van der Waals surface area contributed by atoms with Gasteiger partial charge >= 0.3 is 6.03 Å². The van der Waals surface area contributed by atoms with Crippen LogP contribution in [-0.4, -0.2) is 60.2 Å². The quantitative estimate of drug-likeness (QED) is 0.575. The van der Waals surface area contributed by atoms with Gasteiger partial charge in [-0.25, -0.2) is 4.79 Å². The molecule has 194 valence electrons. The molecule has 2 unspecified atom stereocenters. The molecule has 37 heavy (non-hydrogen) atoms. The van der Waals surface area contributed by atoms with Crippen LogP contribution < -0.4 is 21.3 Å². The fourth-order valence-corrected chi connectivity index (χ4v) is 4.82. The topological polar surface area (TPSA) is 137 Å². The number of carbonyl (C=O) groups is 4. The first-order chi connectivity index (χ1) is 17.6. The van der Waals surface area contributed by atoms with Crippen LogP contribution >= 0.6 is 0 Å². The van der Waals surface area contributed by atoms with Gasteiger partial charge in [0.1, 0.15) is 6.54 Å². The normalized spacial score (nSPS) is 19.4. The predicted octanol–water partition coefficient (Wildman–Crippen LogP) is 2.33. The van der Waals surface area contributed by atoms with Crippen molar-refractivity contribution in [2.24, 2.45) is 16.6 Å². The number of fused-ring (bicyclic) bond motifs is 1. The first kappa shape index (κ1) is 25.9. The van der Waals surface area contributed by atoms with Crippen molar-refractivity contribution in [3.05, 3.63) is 59.2 Å². The molecule has 0 aliphatic carbocycles. The van der Waals surface area contributed by atoms with Crippen LogP contribution in [0.5, 0.6) is 0 Å². The van der Waals surface area contributed by atoms with Crippen molar-refractivity contribution in [1.29, 1.82) is 0 Å². The summed E-state index contributed by atoms with van der Waals surface area (Å²) < 4.78 is 0. The summed E-state index contributed by atoms with van der Waals surface area (Å²) in [6.45, 7) is 6.01. The molecule has 4 N–H and O–H groups in total. The number of aryl methyl sites for hydroxylation is 2. The lowest BCUT2D eigenvalue weighted by Gasteiger charge is -2.34. The van der Waals surface area contributed by atoms with Gasteiger partial charge in [0.25, 0.3) is 5.91 Å². The van der Waals surface area contributed by atoms with Crippen molar-refractivity contribution in [2.75, 3.05) is 29.9 Å². The van der Waals surface area contributed by atoms with Gasteiger partial charge in [0.05, 0.1) is 11.6 Å². The lowest BCUT2D eigenvalue weighted by Crippen LogP contribution is -2.53. The number of piperidine rings is 1. The number of hydrogen-bond donors (Lipinski definition) is 3. The fourth-order valence-electron chi connectivity index (χ4n) is 4.82. The Kier molecular flexibility index (Phi) is 7.56. The summed E-state index contributed by atoms with van der Waals surface area (Å²) in [5, 5.41) is 5.38. The van der Waals surface area contributed by atoms with E-state index in [1.165, 1.54) is 4.90 Å². The van der Waals surface area contributed by atoms with Gasteiger partial charge in [0.15, 0.2) is 0 Å². The Hall–Kier alpha value is -4.21. The molecule has 2 aromatic carbocycles. The number of nitrogens with one attached hydrogen (secondary N) is 2. The second-order valence-corrected chi connectivity index (χ2v) is 9.56. The molecule has 10 heteroatoms.